The number of pyridine rings is 1. The van der Waals surface area contributed by atoms with Crippen LogP contribution in [0.3, 0.4) is 0 Å². The van der Waals surface area contributed by atoms with E-state index < -0.39 is 0 Å². The Morgan fingerprint density at radius 2 is 1.96 bits per heavy atom. The summed E-state index contributed by atoms with van der Waals surface area (Å²) in [6.45, 7) is 3.96. The molecule has 0 spiro atoms. The molecule has 2 aromatic heterocycles. The average molecular weight is 307 g/mol. The predicted molar refractivity (Wildman–Crippen MR) is 88.3 cm³/mol. The fraction of sp³-hybridized carbons (Fsp3) is 0.167. The molecule has 0 aliphatic rings. The minimum Gasteiger partial charge on any atom is -0.490 e. The maximum absolute atomic E-state index is 5.88. The molecule has 0 N–H and O–H groups in total. The van der Waals surface area contributed by atoms with Crippen LogP contribution < -0.4 is 4.74 Å². The highest BCUT2D eigenvalue weighted by atomic mass is 16.5. The number of azo groups is 1. The monoisotopic (exact) mass is 307 g/mol. The summed E-state index contributed by atoms with van der Waals surface area (Å²) >= 11 is 0. The minimum atomic E-state index is 0.0479. The van der Waals surface area contributed by atoms with Crippen LogP contribution in [0.5, 0.6) is 5.75 Å². The molecule has 3 rings (SSSR count). The van der Waals surface area contributed by atoms with Crippen molar-refractivity contribution in [2.24, 2.45) is 10.2 Å². The zero-order chi connectivity index (χ0) is 16.1. The summed E-state index contributed by atoms with van der Waals surface area (Å²) in [5, 5.41) is 8.34. The molecule has 0 saturated carbocycles. The Bertz CT molecular complexity index is 781. The standard InChI is InChI=1S/C18H17N3O2/c1-13(2)23-17-12-14(20-21-18-7-3-4-10-19-18)8-9-15(17)16-6-5-11-22-16/h3-13H,1-2H3. The quantitative estimate of drug-likeness (QED) is 0.581. The lowest BCUT2D eigenvalue weighted by molar-refractivity contribution is 0.243. The van der Waals surface area contributed by atoms with E-state index in [1.54, 1.807) is 18.5 Å². The topological polar surface area (TPSA) is 60.0 Å². The van der Waals surface area contributed by atoms with E-state index in [0.717, 1.165) is 11.3 Å². The number of hydrogen-bond donors (Lipinski definition) is 0. The Morgan fingerprint density at radius 1 is 1.04 bits per heavy atom. The number of nitrogens with zero attached hydrogens (tertiary/aromatic N) is 3. The van der Waals surface area contributed by atoms with E-state index in [2.05, 4.69) is 15.2 Å². The zero-order valence-electron chi connectivity index (χ0n) is 13.0. The van der Waals surface area contributed by atoms with Gasteiger partial charge in [-0.05, 0) is 50.2 Å². The summed E-state index contributed by atoms with van der Waals surface area (Å²) in [5.41, 5.74) is 1.59. The molecule has 3 aromatic rings. The number of hydrogen-bond acceptors (Lipinski definition) is 5. The SMILES string of the molecule is CC(C)Oc1cc(N=Nc2ccccn2)ccc1-c1ccco1. The van der Waals surface area contributed by atoms with Gasteiger partial charge in [0.15, 0.2) is 5.82 Å². The van der Waals surface area contributed by atoms with Gasteiger partial charge in [-0.15, -0.1) is 10.2 Å². The second kappa shape index (κ2) is 6.87. The first kappa shape index (κ1) is 15.0. The molecular weight excluding hydrogens is 290 g/mol. The molecule has 0 unspecified atom stereocenters. The number of aromatic nitrogens is 1. The van der Waals surface area contributed by atoms with Gasteiger partial charge in [-0.3, -0.25) is 0 Å². The van der Waals surface area contributed by atoms with Crippen molar-refractivity contribution in [3.8, 4) is 17.1 Å². The maximum atomic E-state index is 5.88. The normalized spacial score (nSPS) is 11.3. The van der Waals surface area contributed by atoms with Crippen LogP contribution in [0.1, 0.15) is 13.8 Å². The second-order valence-electron chi connectivity index (χ2n) is 5.21. The minimum absolute atomic E-state index is 0.0479. The van der Waals surface area contributed by atoms with Crippen molar-refractivity contribution >= 4 is 11.5 Å². The third-order valence-electron chi connectivity index (χ3n) is 3.03. The molecule has 23 heavy (non-hydrogen) atoms. The average Bonchev–Trinajstić information content (AvgIpc) is 3.08. The van der Waals surface area contributed by atoms with Gasteiger partial charge in [-0.2, -0.15) is 0 Å². The second-order valence-corrected chi connectivity index (χ2v) is 5.21. The van der Waals surface area contributed by atoms with Crippen LogP contribution in [0.2, 0.25) is 0 Å². The maximum Gasteiger partial charge on any atom is 0.174 e. The molecule has 0 amide bonds. The van der Waals surface area contributed by atoms with Crippen LogP contribution in [0.25, 0.3) is 11.3 Å². The van der Waals surface area contributed by atoms with Crippen LogP contribution in [0.4, 0.5) is 11.5 Å². The number of benzene rings is 1. The Morgan fingerprint density at radius 3 is 2.65 bits per heavy atom. The molecule has 0 atom stereocenters. The third-order valence-corrected chi connectivity index (χ3v) is 3.03. The van der Waals surface area contributed by atoms with Gasteiger partial charge in [-0.25, -0.2) is 4.98 Å². The highest BCUT2D eigenvalue weighted by molar-refractivity contribution is 5.69. The van der Waals surface area contributed by atoms with Gasteiger partial charge in [0.05, 0.1) is 23.6 Å². The van der Waals surface area contributed by atoms with Crippen LogP contribution in [-0.2, 0) is 0 Å². The summed E-state index contributed by atoms with van der Waals surface area (Å²) < 4.78 is 11.4. The molecule has 2 heterocycles. The fourth-order valence-electron chi connectivity index (χ4n) is 2.08. The van der Waals surface area contributed by atoms with E-state index in [4.69, 9.17) is 9.15 Å². The van der Waals surface area contributed by atoms with Crippen molar-refractivity contribution in [2.75, 3.05) is 0 Å². The van der Waals surface area contributed by atoms with Crippen molar-refractivity contribution in [3.63, 3.8) is 0 Å². The van der Waals surface area contributed by atoms with E-state index in [0.29, 0.717) is 17.3 Å². The lowest BCUT2D eigenvalue weighted by Crippen LogP contribution is -2.06. The van der Waals surface area contributed by atoms with E-state index in [9.17, 15) is 0 Å². The van der Waals surface area contributed by atoms with Crippen LogP contribution >= 0.6 is 0 Å². The van der Waals surface area contributed by atoms with Crippen molar-refractivity contribution < 1.29 is 9.15 Å². The van der Waals surface area contributed by atoms with E-state index in [1.807, 2.05) is 56.3 Å². The van der Waals surface area contributed by atoms with E-state index in [-0.39, 0.29) is 6.10 Å². The lowest BCUT2D eigenvalue weighted by Gasteiger charge is -2.13. The zero-order valence-corrected chi connectivity index (χ0v) is 13.0. The van der Waals surface area contributed by atoms with Crippen molar-refractivity contribution in [3.05, 3.63) is 61.0 Å². The van der Waals surface area contributed by atoms with Gasteiger partial charge < -0.3 is 9.15 Å². The number of rotatable bonds is 5. The molecule has 1 aromatic carbocycles. The Labute approximate surface area is 134 Å². The smallest absolute Gasteiger partial charge is 0.174 e. The van der Waals surface area contributed by atoms with Crippen LogP contribution in [0.15, 0.2) is 75.6 Å². The molecule has 0 bridgehead atoms. The van der Waals surface area contributed by atoms with E-state index >= 15 is 0 Å². The van der Waals surface area contributed by atoms with Crippen LogP contribution in [0, 0.1) is 0 Å². The molecule has 5 heteroatoms. The summed E-state index contributed by atoms with van der Waals surface area (Å²) in [6, 6.07) is 14.9. The number of furan rings is 1. The first-order valence-corrected chi connectivity index (χ1v) is 7.40. The molecule has 0 radical (unpaired) electrons. The lowest BCUT2D eigenvalue weighted by atomic mass is 10.1. The Kier molecular flexibility index (Phi) is 4.47. The largest absolute Gasteiger partial charge is 0.490 e. The van der Waals surface area contributed by atoms with Gasteiger partial charge in [0.2, 0.25) is 0 Å². The molecule has 0 aliphatic carbocycles. The van der Waals surface area contributed by atoms with Crippen molar-refractivity contribution in [1.82, 2.24) is 4.98 Å². The summed E-state index contributed by atoms with van der Waals surface area (Å²) in [4.78, 5) is 4.12. The molecule has 0 saturated heterocycles. The molecule has 5 nitrogen and oxygen atoms in total. The van der Waals surface area contributed by atoms with Gasteiger partial charge >= 0.3 is 0 Å². The van der Waals surface area contributed by atoms with Gasteiger partial charge in [-0.1, -0.05) is 6.07 Å². The first-order valence-electron chi connectivity index (χ1n) is 7.40. The Hall–Kier alpha value is -2.95. The molecule has 0 aliphatic heterocycles. The van der Waals surface area contributed by atoms with E-state index in [1.165, 1.54) is 0 Å². The Balaban J connectivity index is 1.92. The van der Waals surface area contributed by atoms with Crippen LogP contribution in [-0.4, -0.2) is 11.1 Å². The van der Waals surface area contributed by atoms with Crippen molar-refractivity contribution in [1.29, 1.82) is 0 Å². The summed E-state index contributed by atoms with van der Waals surface area (Å²) in [5.74, 6) is 2.04. The fourth-order valence-corrected chi connectivity index (χ4v) is 2.08. The molecule has 0 fully saturated rings. The van der Waals surface area contributed by atoms with Crippen molar-refractivity contribution in [2.45, 2.75) is 20.0 Å². The summed E-state index contributed by atoms with van der Waals surface area (Å²) in [6.07, 6.45) is 3.37. The van der Waals surface area contributed by atoms with Gasteiger partial charge in [0, 0.05) is 12.3 Å². The predicted octanol–water partition coefficient (Wildman–Crippen LogP) is 5.54. The van der Waals surface area contributed by atoms with Gasteiger partial charge in [0.25, 0.3) is 0 Å². The molecule has 116 valence electrons. The molecular formula is C18H17N3O2. The third kappa shape index (κ3) is 3.83. The highest BCUT2D eigenvalue weighted by Gasteiger charge is 2.11. The number of ether oxygens (including phenoxy) is 1. The first-order chi connectivity index (χ1) is 11.2. The highest BCUT2D eigenvalue weighted by Crippen LogP contribution is 2.34. The summed E-state index contributed by atoms with van der Waals surface area (Å²) in [7, 11) is 0. The van der Waals surface area contributed by atoms with Gasteiger partial charge in [0.1, 0.15) is 11.5 Å².